The zero-order chi connectivity index (χ0) is 19.4. The van der Waals surface area contributed by atoms with Crippen LogP contribution in [0, 0.1) is 0 Å². The first-order chi connectivity index (χ1) is 12.3. The van der Waals surface area contributed by atoms with Gasteiger partial charge in [-0.15, -0.1) is 0 Å². The minimum absolute atomic E-state index is 0.169. The van der Waals surface area contributed by atoms with Crippen LogP contribution in [0.2, 0.25) is 0 Å². The third-order valence-electron chi connectivity index (χ3n) is 3.43. The number of aliphatic carboxylic acids is 1. The number of carboxylic acids is 1. The van der Waals surface area contributed by atoms with E-state index in [9.17, 15) is 14.7 Å². The van der Waals surface area contributed by atoms with E-state index in [2.05, 4.69) is 10.6 Å². The summed E-state index contributed by atoms with van der Waals surface area (Å²) in [6.45, 7) is 6.45. The molecule has 0 aromatic heterocycles. The van der Waals surface area contributed by atoms with E-state index in [1.54, 1.807) is 20.8 Å². The molecule has 1 aromatic carbocycles. The Morgan fingerprint density at radius 2 is 1.85 bits per heavy atom. The summed E-state index contributed by atoms with van der Waals surface area (Å²) in [5.74, 6) is -0.909. The van der Waals surface area contributed by atoms with Gasteiger partial charge in [0.1, 0.15) is 11.6 Å². The van der Waals surface area contributed by atoms with Crippen LogP contribution < -0.4 is 10.6 Å². The molecule has 0 saturated carbocycles. The van der Waals surface area contributed by atoms with Gasteiger partial charge >= 0.3 is 12.1 Å². The Balaban J connectivity index is 2.15. The summed E-state index contributed by atoms with van der Waals surface area (Å²) < 4.78 is 10.6. The summed E-state index contributed by atoms with van der Waals surface area (Å²) in [7, 11) is 0. The number of unbranched alkanes of at least 4 members (excludes halogenated alkanes) is 1. The summed E-state index contributed by atoms with van der Waals surface area (Å²) >= 11 is 0. The number of carbonyl (C=O) groups excluding carboxylic acids is 1. The molecule has 1 rings (SSSR count). The fourth-order valence-electron chi connectivity index (χ4n) is 2.19. The molecule has 0 bridgehead atoms. The van der Waals surface area contributed by atoms with Crippen molar-refractivity contribution in [1.29, 1.82) is 0 Å². The van der Waals surface area contributed by atoms with Crippen molar-refractivity contribution >= 4 is 12.1 Å². The van der Waals surface area contributed by atoms with Crippen LogP contribution in [0.15, 0.2) is 30.3 Å². The largest absolute Gasteiger partial charge is 0.480 e. The summed E-state index contributed by atoms with van der Waals surface area (Å²) in [6.07, 6.45) is 1.34. The van der Waals surface area contributed by atoms with Crippen LogP contribution in [-0.4, -0.2) is 42.1 Å². The van der Waals surface area contributed by atoms with E-state index in [-0.39, 0.29) is 6.73 Å². The highest BCUT2D eigenvalue weighted by atomic mass is 16.6. The van der Waals surface area contributed by atoms with E-state index in [1.807, 2.05) is 30.3 Å². The van der Waals surface area contributed by atoms with Crippen molar-refractivity contribution in [1.82, 2.24) is 10.6 Å². The van der Waals surface area contributed by atoms with Gasteiger partial charge in [-0.2, -0.15) is 0 Å². The number of carbonyl (C=O) groups is 2. The van der Waals surface area contributed by atoms with Crippen molar-refractivity contribution in [3.63, 3.8) is 0 Å². The first kappa shape index (κ1) is 21.9. The Kier molecular flexibility index (Phi) is 9.69. The molecule has 0 aliphatic heterocycles. The Bertz CT molecular complexity index is 543. The van der Waals surface area contributed by atoms with Gasteiger partial charge in [0.2, 0.25) is 0 Å². The van der Waals surface area contributed by atoms with Crippen molar-refractivity contribution < 1.29 is 24.2 Å². The van der Waals surface area contributed by atoms with Gasteiger partial charge in [-0.05, 0) is 45.6 Å². The van der Waals surface area contributed by atoms with Crippen LogP contribution in [0.25, 0.3) is 0 Å². The zero-order valence-corrected chi connectivity index (χ0v) is 15.8. The van der Waals surface area contributed by atoms with E-state index in [4.69, 9.17) is 9.47 Å². The molecule has 0 spiro atoms. The predicted octanol–water partition coefficient (Wildman–Crippen LogP) is 2.90. The first-order valence-electron chi connectivity index (χ1n) is 8.82. The lowest BCUT2D eigenvalue weighted by atomic mass is 10.1. The van der Waals surface area contributed by atoms with Crippen molar-refractivity contribution in [3.05, 3.63) is 35.9 Å². The molecule has 1 aromatic rings. The highest BCUT2D eigenvalue weighted by Crippen LogP contribution is 2.07. The van der Waals surface area contributed by atoms with Gasteiger partial charge in [0.15, 0.2) is 0 Å². The number of hydrogen-bond acceptors (Lipinski definition) is 5. The van der Waals surface area contributed by atoms with E-state index in [0.717, 1.165) is 5.56 Å². The Labute approximate surface area is 155 Å². The summed E-state index contributed by atoms with van der Waals surface area (Å²) in [6, 6.07) is 9.01. The maximum absolute atomic E-state index is 11.5. The monoisotopic (exact) mass is 366 g/mol. The fourth-order valence-corrected chi connectivity index (χ4v) is 2.19. The van der Waals surface area contributed by atoms with Gasteiger partial charge in [0.25, 0.3) is 0 Å². The van der Waals surface area contributed by atoms with Crippen molar-refractivity contribution in [2.45, 2.75) is 58.3 Å². The van der Waals surface area contributed by atoms with Gasteiger partial charge in [-0.25, -0.2) is 4.79 Å². The maximum atomic E-state index is 11.5. The molecule has 3 N–H and O–H groups in total. The molecule has 7 heteroatoms. The third-order valence-corrected chi connectivity index (χ3v) is 3.43. The lowest BCUT2D eigenvalue weighted by Crippen LogP contribution is -2.38. The second-order valence-electron chi connectivity index (χ2n) is 7.00. The molecule has 0 saturated heterocycles. The Morgan fingerprint density at radius 1 is 1.15 bits per heavy atom. The molecule has 0 unspecified atom stereocenters. The predicted molar refractivity (Wildman–Crippen MR) is 98.7 cm³/mol. The lowest BCUT2D eigenvalue weighted by molar-refractivity contribution is -0.140. The van der Waals surface area contributed by atoms with E-state index in [1.165, 1.54) is 0 Å². The van der Waals surface area contributed by atoms with Crippen molar-refractivity contribution in [3.8, 4) is 0 Å². The molecule has 1 amide bonds. The molecular weight excluding hydrogens is 336 g/mol. The summed E-state index contributed by atoms with van der Waals surface area (Å²) in [4.78, 5) is 22.8. The quantitative estimate of drug-likeness (QED) is 0.412. The molecule has 0 radical (unpaired) electrons. The molecule has 7 nitrogen and oxygen atoms in total. The molecule has 0 aliphatic rings. The summed E-state index contributed by atoms with van der Waals surface area (Å²) in [5, 5.41) is 14.8. The normalized spacial score (nSPS) is 12.4. The van der Waals surface area contributed by atoms with Gasteiger partial charge in [-0.1, -0.05) is 30.3 Å². The maximum Gasteiger partial charge on any atom is 0.407 e. The van der Waals surface area contributed by atoms with Gasteiger partial charge < -0.3 is 19.9 Å². The Morgan fingerprint density at radius 3 is 2.46 bits per heavy atom. The average Bonchev–Trinajstić information content (AvgIpc) is 2.55. The van der Waals surface area contributed by atoms with Crippen LogP contribution >= 0.6 is 0 Å². The van der Waals surface area contributed by atoms with E-state index < -0.39 is 23.7 Å². The number of carboxylic acid groups (broad SMARTS) is 1. The van der Waals surface area contributed by atoms with Gasteiger partial charge in [0, 0.05) is 6.54 Å². The van der Waals surface area contributed by atoms with Crippen molar-refractivity contribution in [2.75, 3.05) is 13.3 Å². The highest BCUT2D eigenvalue weighted by Gasteiger charge is 2.17. The lowest BCUT2D eigenvalue weighted by Gasteiger charge is -2.19. The number of nitrogens with one attached hydrogen (secondary N) is 2. The minimum atomic E-state index is -0.909. The van der Waals surface area contributed by atoms with Crippen LogP contribution in [0.1, 0.15) is 45.6 Å². The SMILES string of the molecule is CC(C)(C)OC(=O)NCCCC[C@@H](NCOCc1ccccc1)C(=O)O. The van der Waals surface area contributed by atoms with Gasteiger partial charge in [-0.3, -0.25) is 10.1 Å². The molecule has 0 fully saturated rings. The molecule has 0 aliphatic carbocycles. The molecule has 26 heavy (non-hydrogen) atoms. The number of benzene rings is 1. The zero-order valence-electron chi connectivity index (χ0n) is 15.8. The summed E-state index contributed by atoms with van der Waals surface area (Å²) in [5.41, 5.74) is 0.511. The average molecular weight is 366 g/mol. The van der Waals surface area contributed by atoms with Crippen LogP contribution in [0.4, 0.5) is 4.79 Å². The smallest absolute Gasteiger partial charge is 0.407 e. The second-order valence-corrected chi connectivity index (χ2v) is 7.00. The number of ether oxygens (including phenoxy) is 2. The molecule has 146 valence electrons. The number of amides is 1. The highest BCUT2D eigenvalue weighted by molar-refractivity contribution is 5.73. The van der Waals surface area contributed by atoms with E-state index in [0.29, 0.717) is 32.4 Å². The Hall–Kier alpha value is -2.12. The van der Waals surface area contributed by atoms with Crippen LogP contribution in [0.5, 0.6) is 0 Å². The number of alkyl carbamates (subject to hydrolysis) is 1. The molecule has 0 heterocycles. The number of rotatable bonds is 11. The number of hydrogen-bond donors (Lipinski definition) is 3. The second kappa shape index (κ2) is 11.5. The first-order valence-corrected chi connectivity index (χ1v) is 8.82. The molecule has 1 atom stereocenters. The molecular formula is C19H30N2O5. The third kappa shape index (κ3) is 10.7. The van der Waals surface area contributed by atoms with Gasteiger partial charge in [0.05, 0.1) is 13.3 Å². The van der Waals surface area contributed by atoms with E-state index >= 15 is 0 Å². The topological polar surface area (TPSA) is 96.9 Å². The van der Waals surface area contributed by atoms with Crippen LogP contribution in [-0.2, 0) is 20.9 Å². The minimum Gasteiger partial charge on any atom is -0.480 e. The fraction of sp³-hybridized carbons (Fsp3) is 0.579. The standard InChI is InChI=1S/C19H30N2O5/c1-19(2,3)26-18(24)20-12-8-7-11-16(17(22)23)21-14-25-13-15-9-5-4-6-10-15/h4-6,9-10,16,21H,7-8,11-14H2,1-3H3,(H,20,24)(H,22,23)/t16-/m1/s1. The van der Waals surface area contributed by atoms with Crippen molar-refractivity contribution in [2.24, 2.45) is 0 Å². The van der Waals surface area contributed by atoms with Crippen LogP contribution in [0.3, 0.4) is 0 Å².